The summed E-state index contributed by atoms with van der Waals surface area (Å²) in [5.41, 5.74) is 4.29. The number of fused-ring (bicyclic) bond motifs is 1. The van der Waals surface area contributed by atoms with E-state index in [1.165, 1.54) is 0 Å². The molecule has 0 atom stereocenters. The number of amides is 1. The van der Waals surface area contributed by atoms with E-state index >= 15 is 0 Å². The van der Waals surface area contributed by atoms with Crippen molar-refractivity contribution in [3.63, 3.8) is 0 Å². The lowest BCUT2D eigenvalue weighted by molar-refractivity contribution is -0.120. The summed E-state index contributed by atoms with van der Waals surface area (Å²) in [6, 6.07) is 14.4. The van der Waals surface area contributed by atoms with Crippen molar-refractivity contribution < 1.29 is 4.79 Å². The predicted molar refractivity (Wildman–Crippen MR) is 110 cm³/mol. The Balaban J connectivity index is 1.36. The van der Waals surface area contributed by atoms with Gasteiger partial charge >= 0.3 is 0 Å². The number of nitrogens with zero attached hydrogens (tertiary/aromatic N) is 3. The molecule has 0 radical (unpaired) electrons. The van der Waals surface area contributed by atoms with Gasteiger partial charge in [-0.25, -0.2) is 0 Å². The van der Waals surface area contributed by atoms with Crippen LogP contribution in [0.5, 0.6) is 0 Å². The highest BCUT2D eigenvalue weighted by Crippen LogP contribution is 2.24. The minimum atomic E-state index is 0.0367. The zero-order valence-corrected chi connectivity index (χ0v) is 16.3. The Morgan fingerprint density at radius 1 is 1.22 bits per heavy atom. The highest BCUT2D eigenvalue weighted by atomic mass is 32.1. The van der Waals surface area contributed by atoms with Crippen LogP contribution in [-0.2, 0) is 24.8 Å². The van der Waals surface area contributed by atoms with Gasteiger partial charge in [0, 0.05) is 36.4 Å². The van der Waals surface area contributed by atoms with Crippen molar-refractivity contribution in [3.05, 3.63) is 65.3 Å². The maximum atomic E-state index is 12.4. The molecule has 1 N–H and O–H groups in total. The molecule has 0 bridgehead atoms. The lowest BCUT2D eigenvalue weighted by Gasteiger charge is -2.07. The molecular weight excluding hydrogens is 356 g/mol. The van der Waals surface area contributed by atoms with Crippen molar-refractivity contribution in [2.24, 2.45) is 7.05 Å². The summed E-state index contributed by atoms with van der Waals surface area (Å²) in [5.74, 6) is 0.0367. The van der Waals surface area contributed by atoms with Crippen LogP contribution in [0.1, 0.15) is 11.3 Å². The van der Waals surface area contributed by atoms with Crippen LogP contribution in [0, 0.1) is 6.92 Å². The van der Waals surface area contributed by atoms with Crippen LogP contribution >= 0.6 is 11.3 Å². The van der Waals surface area contributed by atoms with E-state index in [2.05, 4.69) is 44.6 Å². The number of carbonyl (C=O) groups excluding carboxylic acids is 1. The molecule has 138 valence electrons. The third-order valence-corrected chi connectivity index (χ3v) is 5.62. The number of para-hydroxylation sites is 1. The Bertz CT molecular complexity index is 1080. The number of hydrogen-bond acceptors (Lipinski definition) is 3. The minimum absolute atomic E-state index is 0.0367. The van der Waals surface area contributed by atoms with Gasteiger partial charge < -0.3 is 9.88 Å². The van der Waals surface area contributed by atoms with Crippen molar-refractivity contribution >= 4 is 28.1 Å². The lowest BCUT2D eigenvalue weighted by atomic mass is 10.1. The standard InChI is InChI=1S/C21H22N4OS/c1-15-12-18(20-8-5-11-27-20)23-25(15)10-9-22-21(26)13-16-14-24(2)19-7-4-3-6-17(16)19/h3-8,11-12,14H,9-10,13H2,1-2H3,(H,22,26). The number of aromatic nitrogens is 3. The van der Waals surface area contributed by atoms with Crippen LogP contribution in [0.25, 0.3) is 21.5 Å². The summed E-state index contributed by atoms with van der Waals surface area (Å²) in [4.78, 5) is 13.5. The van der Waals surface area contributed by atoms with Crippen LogP contribution in [0.4, 0.5) is 0 Å². The smallest absolute Gasteiger partial charge is 0.224 e. The topological polar surface area (TPSA) is 51.9 Å². The van der Waals surface area contributed by atoms with Crippen LogP contribution in [-0.4, -0.2) is 26.8 Å². The first-order valence-corrected chi connectivity index (χ1v) is 9.88. The zero-order chi connectivity index (χ0) is 18.8. The summed E-state index contributed by atoms with van der Waals surface area (Å²) in [6.07, 6.45) is 2.43. The number of hydrogen-bond donors (Lipinski definition) is 1. The number of rotatable bonds is 6. The van der Waals surface area contributed by atoms with Gasteiger partial charge in [0.25, 0.3) is 0 Å². The normalized spacial score (nSPS) is 11.2. The highest BCUT2D eigenvalue weighted by Gasteiger charge is 2.11. The van der Waals surface area contributed by atoms with Gasteiger partial charge in [-0.15, -0.1) is 11.3 Å². The van der Waals surface area contributed by atoms with Crippen molar-refractivity contribution in [1.29, 1.82) is 0 Å². The molecular formula is C21H22N4OS. The Labute approximate surface area is 162 Å². The van der Waals surface area contributed by atoms with Crippen molar-refractivity contribution in [1.82, 2.24) is 19.7 Å². The third kappa shape index (κ3) is 3.66. The summed E-state index contributed by atoms with van der Waals surface area (Å²) >= 11 is 1.68. The van der Waals surface area contributed by atoms with Crippen LogP contribution < -0.4 is 5.32 Å². The van der Waals surface area contributed by atoms with Gasteiger partial charge in [-0.05, 0) is 36.1 Å². The largest absolute Gasteiger partial charge is 0.354 e. The molecule has 3 aromatic heterocycles. The van der Waals surface area contributed by atoms with E-state index in [4.69, 9.17) is 0 Å². The average Bonchev–Trinajstić information content (AvgIpc) is 3.37. The molecule has 0 saturated heterocycles. The van der Waals surface area contributed by atoms with Gasteiger partial charge in [0.1, 0.15) is 5.69 Å². The van der Waals surface area contributed by atoms with Gasteiger partial charge in [-0.2, -0.15) is 5.10 Å². The Hall–Kier alpha value is -2.86. The molecule has 1 aromatic carbocycles. The van der Waals surface area contributed by atoms with E-state index < -0.39 is 0 Å². The molecule has 0 aliphatic heterocycles. The molecule has 0 aliphatic carbocycles. The second-order valence-corrected chi connectivity index (χ2v) is 7.63. The Morgan fingerprint density at radius 3 is 2.89 bits per heavy atom. The molecule has 1 amide bonds. The fraction of sp³-hybridized carbons (Fsp3) is 0.238. The molecule has 0 unspecified atom stereocenters. The van der Waals surface area contributed by atoms with E-state index in [0.717, 1.165) is 32.7 Å². The van der Waals surface area contributed by atoms with E-state index in [0.29, 0.717) is 19.5 Å². The van der Waals surface area contributed by atoms with Crippen molar-refractivity contribution in [2.45, 2.75) is 19.9 Å². The highest BCUT2D eigenvalue weighted by molar-refractivity contribution is 7.13. The van der Waals surface area contributed by atoms with Gasteiger partial charge in [-0.3, -0.25) is 9.48 Å². The summed E-state index contributed by atoms with van der Waals surface area (Å²) in [6.45, 7) is 3.27. The fourth-order valence-corrected chi connectivity index (χ4v) is 4.07. The number of benzene rings is 1. The summed E-state index contributed by atoms with van der Waals surface area (Å²) in [7, 11) is 2.01. The molecule has 4 aromatic rings. The van der Waals surface area contributed by atoms with E-state index in [-0.39, 0.29) is 5.91 Å². The lowest BCUT2D eigenvalue weighted by Crippen LogP contribution is -2.29. The summed E-state index contributed by atoms with van der Waals surface area (Å²) < 4.78 is 4.02. The number of nitrogens with one attached hydrogen (secondary N) is 1. The Morgan fingerprint density at radius 2 is 2.07 bits per heavy atom. The molecule has 0 saturated carbocycles. The van der Waals surface area contributed by atoms with Gasteiger partial charge in [0.2, 0.25) is 5.91 Å². The zero-order valence-electron chi connectivity index (χ0n) is 15.5. The van der Waals surface area contributed by atoms with Crippen molar-refractivity contribution in [2.75, 3.05) is 6.54 Å². The molecule has 3 heterocycles. The number of carbonyl (C=O) groups is 1. The van der Waals surface area contributed by atoms with E-state index in [1.807, 2.05) is 43.0 Å². The second kappa shape index (κ2) is 7.40. The SMILES string of the molecule is Cc1cc(-c2cccs2)nn1CCNC(=O)Cc1cn(C)c2ccccc12. The minimum Gasteiger partial charge on any atom is -0.354 e. The second-order valence-electron chi connectivity index (χ2n) is 6.68. The van der Waals surface area contributed by atoms with Gasteiger partial charge in [0.15, 0.2) is 0 Å². The van der Waals surface area contributed by atoms with Crippen LogP contribution in [0.15, 0.2) is 54.0 Å². The maximum Gasteiger partial charge on any atom is 0.224 e. The number of aryl methyl sites for hydroxylation is 2. The van der Waals surface area contributed by atoms with E-state index in [1.54, 1.807) is 11.3 Å². The quantitative estimate of drug-likeness (QED) is 0.555. The fourth-order valence-electron chi connectivity index (χ4n) is 3.38. The molecule has 0 spiro atoms. The molecule has 4 rings (SSSR count). The number of thiophene rings is 1. The van der Waals surface area contributed by atoms with Crippen molar-refractivity contribution in [3.8, 4) is 10.6 Å². The molecule has 6 heteroatoms. The van der Waals surface area contributed by atoms with Gasteiger partial charge in [-0.1, -0.05) is 24.3 Å². The molecule has 0 aliphatic rings. The maximum absolute atomic E-state index is 12.4. The van der Waals surface area contributed by atoms with Gasteiger partial charge in [0.05, 0.1) is 17.8 Å². The first-order chi connectivity index (χ1) is 13.1. The molecule has 0 fully saturated rings. The van der Waals surface area contributed by atoms with E-state index in [9.17, 15) is 4.79 Å². The first kappa shape index (κ1) is 17.5. The third-order valence-electron chi connectivity index (χ3n) is 4.73. The van der Waals surface area contributed by atoms with Crippen LogP contribution in [0.2, 0.25) is 0 Å². The monoisotopic (exact) mass is 378 g/mol. The van der Waals surface area contributed by atoms with Crippen LogP contribution in [0.3, 0.4) is 0 Å². The predicted octanol–water partition coefficient (Wildman–Crippen LogP) is 3.77. The average molecular weight is 379 g/mol. The summed E-state index contributed by atoms with van der Waals surface area (Å²) in [5, 5.41) is 10.9. The first-order valence-electron chi connectivity index (χ1n) is 9.00. The molecule has 5 nitrogen and oxygen atoms in total. The Kier molecular flexibility index (Phi) is 4.81. The molecule has 27 heavy (non-hydrogen) atoms.